The van der Waals surface area contributed by atoms with E-state index in [0.29, 0.717) is 23.0 Å². The van der Waals surface area contributed by atoms with Crippen LogP contribution in [0.4, 0.5) is 10.2 Å². The van der Waals surface area contributed by atoms with E-state index >= 15 is 0 Å². The fraction of sp³-hybridized carbons (Fsp3) is 0.278. The summed E-state index contributed by atoms with van der Waals surface area (Å²) < 4.78 is 20.1. The van der Waals surface area contributed by atoms with Crippen LogP contribution in [0.5, 0.6) is 0 Å². The molecule has 0 fully saturated rings. The molecule has 1 atom stereocenters. The fourth-order valence-corrected chi connectivity index (χ4v) is 2.40. The van der Waals surface area contributed by atoms with E-state index in [-0.39, 0.29) is 24.2 Å². The minimum absolute atomic E-state index is 0.0797. The fourth-order valence-electron chi connectivity index (χ4n) is 2.40. The third kappa shape index (κ3) is 3.93. The Balaban J connectivity index is 1.66. The first-order chi connectivity index (χ1) is 12.1. The van der Waals surface area contributed by atoms with Gasteiger partial charge >= 0.3 is 0 Å². The number of oxazole rings is 1. The largest absolute Gasteiger partial charge is 0.444 e. The lowest BCUT2D eigenvalue weighted by Gasteiger charge is -2.13. The molecule has 3 rings (SSSR count). The van der Waals surface area contributed by atoms with Crippen LogP contribution in [0.3, 0.4) is 0 Å². The van der Waals surface area contributed by atoms with Gasteiger partial charge in [-0.3, -0.25) is 4.79 Å². The van der Waals surface area contributed by atoms with Gasteiger partial charge in [0, 0.05) is 11.6 Å². The number of carbonyl (C=O) groups excluding carboxylic acids is 1. The van der Waals surface area contributed by atoms with Gasteiger partial charge in [0.2, 0.25) is 11.8 Å². The van der Waals surface area contributed by atoms with E-state index in [2.05, 4.69) is 22.3 Å². The zero-order valence-corrected chi connectivity index (χ0v) is 14.1. The molecular weight excluding hydrogens is 323 g/mol. The van der Waals surface area contributed by atoms with Gasteiger partial charge in [-0.2, -0.15) is 5.10 Å². The summed E-state index contributed by atoms with van der Waals surface area (Å²) in [4.78, 5) is 16.5. The van der Waals surface area contributed by atoms with Crippen LogP contribution in [0.15, 0.2) is 47.2 Å². The molecule has 1 N–H and O–H groups in total. The smallest absolute Gasteiger partial charge is 0.231 e. The van der Waals surface area contributed by atoms with Gasteiger partial charge in [0.05, 0.1) is 24.4 Å². The first kappa shape index (κ1) is 16.9. The normalized spacial score (nSPS) is 12.1. The highest BCUT2D eigenvalue weighted by Gasteiger charge is 2.14. The summed E-state index contributed by atoms with van der Waals surface area (Å²) in [7, 11) is 0. The highest BCUT2D eigenvalue weighted by Crippen LogP contribution is 2.20. The van der Waals surface area contributed by atoms with Gasteiger partial charge in [-0.25, -0.2) is 14.1 Å². The maximum Gasteiger partial charge on any atom is 0.231 e. The molecular formula is C18H19FN4O2. The lowest BCUT2D eigenvalue weighted by Crippen LogP contribution is -2.19. The molecule has 0 saturated heterocycles. The van der Waals surface area contributed by atoms with Crippen molar-refractivity contribution in [1.82, 2.24) is 14.8 Å². The number of nitrogens with one attached hydrogen (secondary N) is 1. The van der Waals surface area contributed by atoms with Crippen molar-refractivity contribution in [3.05, 3.63) is 54.3 Å². The van der Waals surface area contributed by atoms with Gasteiger partial charge < -0.3 is 9.73 Å². The molecule has 1 amide bonds. The molecule has 2 aromatic heterocycles. The quantitative estimate of drug-likeness (QED) is 0.739. The molecule has 3 aromatic rings. The molecule has 0 saturated carbocycles. The molecule has 6 nitrogen and oxygen atoms in total. The number of aromatic nitrogens is 3. The van der Waals surface area contributed by atoms with Crippen LogP contribution in [-0.4, -0.2) is 20.7 Å². The van der Waals surface area contributed by atoms with E-state index in [1.54, 1.807) is 29.1 Å². The standard InChI is InChI=1S/C18H19FN4O2/c1-3-12(2)23-16(8-9-20-23)22-17(24)10-15-11-25-18(21-15)13-4-6-14(19)7-5-13/h4-9,11-12H,3,10H2,1-2H3,(H,22,24). The first-order valence-corrected chi connectivity index (χ1v) is 8.10. The average Bonchev–Trinajstić information content (AvgIpc) is 3.24. The zero-order valence-electron chi connectivity index (χ0n) is 14.1. The Morgan fingerprint density at radius 1 is 1.32 bits per heavy atom. The Kier molecular flexibility index (Phi) is 4.92. The maximum atomic E-state index is 13.0. The number of halogens is 1. The summed E-state index contributed by atoms with van der Waals surface area (Å²) in [5, 5.41) is 7.08. The number of hydrogen-bond donors (Lipinski definition) is 1. The molecule has 0 radical (unpaired) electrons. The molecule has 0 aliphatic rings. The summed E-state index contributed by atoms with van der Waals surface area (Å²) in [6.45, 7) is 4.10. The lowest BCUT2D eigenvalue weighted by atomic mass is 10.2. The van der Waals surface area contributed by atoms with Crippen molar-refractivity contribution >= 4 is 11.7 Å². The number of anilines is 1. The van der Waals surface area contributed by atoms with Gasteiger partial charge in [-0.15, -0.1) is 0 Å². The third-order valence-electron chi connectivity index (χ3n) is 3.93. The average molecular weight is 342 g/mol. The minimum atomic E-state index is -0.326. The molecule has 1 unspecified atom stereocenters. The lowest BCUT2D eigenvalue weighted by molar-refractivity contribution is -0.115. The minimum Gasteiger partial charge on any atom is -0.444 e. The number of rotatable bonds is 6. The first-order valence-electron chi connectivity index (χ1n) is 8.10. The molecule has 130 valence electrons. The Hall–Kier alpha value is -2.96. The molecule has 0 bridgehead atoms. The predicted molar refractivity (Wildman–Crippen MR) is 91.5 cm³/mol. The van der Waals surface area contributed by atoms with Gasteiger partial charge in [0.25, 0.3) is 0 Å². The van der Waals surface area contributed by atoms with Gasteiger partial charge in [-0.05, 0) is 37.6 Å². The van der Waals surface area contributed by atoms with Crippen molar-refractivity contribution in [2.24, 2.45) is 0 Å². The Morgan fingerprint density at radius 2 is 2.08 bits per heavy atom. The van der Waals surface area contributed by atoms with Crippen molar-refractivity contribution in [2.45, 2.75) is 32.7 Å². The monoisotopic (exact) mass is 342 g/mol. The number of amides is 1. The highest BCUT2D eigenvalue weighted by atomic mass is 19.1. The van der Waals surface area contributed by atoms with E-state index < -0.39 is 0 Å². The molecule has 1 aromatic carbocycles. The van der Waals surface area contributed by atoms with Crippen LogP contribution in [0.25, 0.3) is 11.5 Å². The second-order valence-corrected chi connectivity index (χ2v) is 5.79. The maximum absolute atomic E-state index is 13.0. The molecule has 0 aliphatic carbocycles. The summed E-state index contributed by atoms with van der Waals surface area (Å²) >= 11 is 0. The Bertz CT molecular complexity index is 854. The number of benzene rings is 1. The summed E-state index contributed by atoms with van der Waals surface area (Å²) in [5.41, 5.74) is 1.16. The number of hydrogen-bond acceptors (Lipinski definition) is 4. The second-order valence-electron chi connectivity index (χ2n) is 5.79. The molecule has 2 heterocycles. The van der Waals surface area contributed by atoms with Crippen molar-refractivity contribution < 1.29 is 13.6 Å². The second kappa shape index (κ2) is 7.29. The van der Waals surface area contributed by atoms with Gasteiger partial charge in [0.1, 0.15) is 17.9 Å². The molecule has 7 heteroatoms. The van der Waals surface area contributed by atoms with Crippen LogP contribution < -0.4 is 5.32 Å². The van der Waals surface area contributed by atoms with Crippen LogP contribution in [0.1, 0.15) is 32.0 Å². The molecule has 25 heavy (non-hydrogen) atoms. The predicted octanol–water partition coefficient (Wildman–Crippen LogP) is 3.83. The third-order valence-corrected chi connectivity index (χ3v) is 3.93. The molecule has 0 spiro atoms. The van der Waals surface area contributed by atoms with Crippen LogP contribution >= 0.6 is 0 Å². The summed E-state index contributed by atoms with van der Waals surface area (Å²) in [5.74, 6) is 0.478. The molecule has 0 aliphatic heterocycles. The van der Waals surface area contributed by atoms with E-state index in [4.69, 9.17) is 4.42 Å². The van der Waals surface area contributed by atoms with E-state index in [1.165, 1.54) is 18.4 Å². The van der Waals surface area contributed by atoms with E-state index in [0.717, 1.165) is 6.42 Å². The van der Waals surface area contributed by atoms with Crippen LogP contribution in [0, 0.1) is 5.82 Å². The van der Waals surface area contributed by atoms with Crippen molar-refractivity contribution in [1.29, 1.82) is 0 Å². The van der Waals surface area contributed by atoms with E-state index in [9.17, 15) is 9.18 Å². The van der Waals surface area contributed by atoms with E-state index in [1.807, 2.05) is 6.92 Å². The van der Waals surface area contributed by atoms with Crippen molar-refractivity contribution in [3.63, 3.8) is 0 Å². The number of nitrogens with zero attached hydrogens (tertiary/aromatic N) is 3. The van der Waals surface area contributed by atoms with Gasteiger partial charge in [-0.1, -0.05) is 6.92 Å². The SMILES string of the molecule is CCC(C)n1nccc1NC(=O)Cc1coc(-c2ccc(F)cc2)n1. The Morgan fingerprint density at radius 3 is 2.80 bits per heavy atom. The van der Waals surface area contributed by atoms with Crippen molar-refractivity contribution in [2.75, 3.05) is 5.32 Å². The highest BCUT2D eigenvalue weighted by molar-refractivity contribution is 5.91. The van der Waals surface area contributed by atoms with Crippen LogP contribution in [0.2, 0.25) is 0 Å². The van der Waals surface area contributed by atoms with Gasteiger partial charge in [0.15, 0.2) is 0 Å². The summed E-state index contributed by atoms with van der Waals surface area (Å²) in [6, 6.07) is 7.79. The topological polar surface area (TPSA) is 73.0 Å². The van der Waals surface area contributed by atoms with Crippen molar-refractivity contribution in [3.8, 4) is 11.5 Å². The Labute approximate surface area is 144 Å². The van der Waals surface area contributed by atoms with Crippen LogP contribution in [-0.2, 0) is 11.2 Å². The summed E-state index contributed by atoms with van der Waals surface area (Å²) in [6.07, 6.45) is 4.08. The zero-order chi connectivity index (χ0) is 17.8. The number of carbonyl (C=O) groups is 1.